The lowest BCUT2D eigenvalue weighted by molar-refractivity contribution is -0.116. The second kappa shape index (κ2) is 10.1. The molecule has 0 bridgehead atoms. The van der Waals surface area contributed by atoms with Gasteiger partial charge in [-0.15, -0.1) is 0 Å². The molecule has 0 saturated carbocycles. The van der Waals surface area contributed by atoms with Crippen molar-refractivity contribution < 1.29 is 17.6 Å². The zero-order valence-electron chi connectivity index (χ0n) is 18.9. The monoisotopic (exact) mass is 458 g/mol. The number of hydrogen-bond donors (Lipinski definition) is 2. The average Bonchev–Trinajstić information content (AvgIpc) is 3.33. The molecule has 0 fully saturated rings. The van der Waals surface area contributed by atoms with Crippen molar-refractivity contribution in [3.8, 4) is 0 Å². The van der Waals surface area contributed by atoms with Crippen LogP contribution in [0, 0.1) is 19.8 Å². The second-order valence-electron chi connectivity index (χ2n) is 8.21. The van der Waals surface area contributed by atoms with Gasteiger partial charge in [0.1, 0.15) is 5.76 Å². The third-order valence-electron chi connectivity index (χ3n) is 5.12. The lowest BCUT2D eigenvalue weighted by Crippen LogP contribution is -2.23. The van der Waals surface area contributed by atoms with Crippen LogP contribution >= 0.6 is 0 Å². The Morgan fingerprint density at radius 2 is 1.97 bits per heavy atom. The van der Waals surface area contributed by atoms with Crippen molar-refractivity contribution in [2.75, 3.05) is 5.32 Å². The molecule has 0 atom stereocenters. The van der Waals surface area contributed by atoms with E-state index in [0.717, 1.165) is 23.5 Å². The summed E-state index contributed by atoms with van der Waals surface area (Å²) < 4.78 is 34.7. The van der Waals surface area contributed by atoms with Crippen LogP contribution in [0.4, 0.5) is 5.69 Å². The van der Waals surface area contributed by atoms with Gasteiger partial charge >= 0.3 is 0 Å². The molecule has 1 amide bonds. The maximum absolute atomic E-state index is 12.6. The maximum atomic E-state index is 12.6. The topological polar surface area (TPSA) is 106 Å². The molecule has 0 spiro atoms. The lowest BCUT2D eigenvalue weighted by Gasteiger charge is -2.10. The molecule has 2 N–H and O–H groups in total. The first-order valence-corrected chi connectivity index (χ1v) is 12.1. The van der Waals surface area contributed by atoms with Crippen molar-refractivity contribution >= 4 is 21.6 Å². The van der Waals surface area contributed by atoms with Gasteiger partial charge in [0.05, 0.1) is 23.4 Å². The van der Waals surface area contributed by atoms with E-state index in [0.29, 0.717) is 23.8 Å². The van der Waals surface area contributed by atoms with Gasteiger partial charge in [0, 0.05) is 24.3 Å². The van der Waals surface area contributed by atoms with E-state index < -0.39 is 10.0 Å². The van der Waals surface area contributed by atoms with Crippen LogP contribution in [0.1, 0.15) is 43.0 Å². The van der Waals surface area contributed by atoms with E-state index in [4.69, 9.17) is 4.42 Å². The van der Waals surface area contributed by atoms with Gasteiger partial charge in [-0.2, -0.15) is 5.10 Å². The third-order valence-corrected chi connectivity index (χ3v) is 6.52. The highest BCUT2D eigenvalue weighted by molar-refractivity contribution is 7.89. The van der Waals surface area contributed by atoms with E-state index in [2.05, 4.69) is 29.0 Å². The minimum Gasteiger partial charge on any atom is -0.468 e. The van der Waals surface area contributed by atoms with Crippen LogP contribution in [0.25, 0.3) is 0 Å². The van der Waals surface area contributed by atoms with E-state index in [-0.39, 0.29) is 23.8 Å². The molecule has 2 heterocycles. The van der Waals surface area contributed by atoms with Crippen LogP contribution in [0.15, 0.2) is 52.0 Å². The summed E-state index contributed by atoms with van der Waals surface area (Å²) in [5.41, 5.74) is 3.53. The van der Waals surface area contributed by atoms with Gasteiger partial charge < -0.3 is 9.73 Å². The Bertz CT molecular complexity index is 1160. The van der Waals surface area contributed by atoms with Gasteiger partial charge in [-0.3, -0.25) is 9.48 Å². The van der Waals surface area contributed by atoms with Crippen molar-refractivity contribution in [3.05, 3.63) is 65.4 Å². The van der Waals surface area contributed by atoms with Gasteiger partial charge in [-0.1, -0.05) is 19.9 Å². The minimum absolute atomic E-state index is 0.0507. The molecule has 0 unspecified atom stereocenters. The number of hydrogen-bond acceptors (Lipinski definition) is 5. The standard InChI is InChI=1S/C23H30N4O4S/c1-16(2)15-27-18(4)22(17(3)26-27)10-11-23(28)25-19-7-5-9-21(13-19)32(29,30)24-14-20-8-6-12-31-20/h5-9,12-13,16,24H,10-11,14-15H2,1-4H3,(H,25,28). The van der Waals surface area contributed by atoms with Crippen molar-refractivity contribution in [3.63, 3.8) is 0 Å². The molecule has 3 aromatic rings. The van der Waals surface area contributed by atoms with E-state index in [9.17, 15) is 13.2 Å². The number of aromatic nitrogens is 2. The summed E-state index contributed by atoms with van der Waals surface area (Å²) in [6.45, 7) is 9.17. The number of sulfonamides is 1. The van der Waals surface area contributed by atoms with Crippen LogP contribution in [0.3, 0.4) is 0 Å². The Hall–Kier alpha value is -2.91. The Labute approximate surface area is 189 Å². The van der Waals surface area contributed by atoms with Crippen LogP contribution < -0.4 is 10.0 Å². The highest BCUT2D eigenvalue weighted by atomic mass is 32.2. The first-order valence-electron chi connectivity index (χ1n) is 10.6. The first kappa shape index (κ1) is 23.7. The molecule has 0 radical (unpaired) electrons. The number of carbonyl (C=O) groups is 1. The molecule has 0 aliphatic heterocycles. The molecule has 0 aliphatic carbocycles. The molecular formula is C23H30N4O4S. The van der Waals surface area contributed by atoms with E-state index >= 15 is 0 Å². The zero-order valence-corrected chi connectivity index (χ0v) is 19.7. The van der Waals surface area contributed by atoms with Gasteiger partial charge in [0.2, 0.25) is 15.9 Å². The molecule has 9 heteroatoms. The van der Waals surface area contributed by atoms with E-state index in [1.54, 1.807) is 24.3 Å². The predicted octanol–water partition coefficient (Wildman–Crippen LogP) is 3.80. The summed E-state index contributed by atoms with van der Waals surface area (Å²) in [5, 5.41) is 7.39. The zero-order chi connectivity index (χ0) is 23.3. The number of amides is 1. The predicted molar refractivity (Wildman–Crippen MR) is 123 cm³/mol. The molecule has 1 aromatic carbocycles. The summed E-state index contributed by atoms with van der Waals surface area (Å²) in [6, 6.07) is 9.57. The van der Waals surface area contributed by atoms with E-state index in [1.807, 2.05) is 18.5 Å². The second-order valence-corrected chi connectivity index (χ2v) is 9.97. The number of nitrogens with zero attached hydrogens (tertiary/aromatic N) is 2. The number of nitrogens with one attached hydrogen (secondary N) is 2. The number of furan rings is 1. The largest absolute Gasteiger partial charge is 0.468 e. The minimum atomic E-state index is -3.74. The maximum Gasteiger partial charge on any atom is 0.241 e. The molecule has 3 rings (SSSR count). The van der Waals surface area contributed by atoms with Crippen molar-refractivity contribution in [2.24, 2.45) is 5.92 Å². The molecule has 0 aliphatic rings. The summed E-state index contributed by atoms with van der Waals surface area (Å²) in [6.07, 6.45) is 2.34. The molecule has 32 heavy (non-hydrogen) atoms. The summed E-state index contributed by atoms with van der Waals surface area (Å²) in [7, 11) is -3.74. The molecular weight excluding hydrogens is 428 g/mol. The van der Waals surface area contributed by atoms with Gasteiger partial charge in [-0.25, -0.2) is 13.1 Å². The number of benzene rings is 1. The van der Waals surface area contributed by atoms with Crippen LogP contribution in [0.2, 0.25) is 0 Å². The fraction of sp³-hybridized carbons (Fsp3) is 0.391. The van der Waals surface area contributed by atoms with Gasteiger partial charge in [0.25, 0.3) is 0 Å². The van der Waals surface area contributed by atoms with E-state index in [1.165, 1.54) is 18.4 Å². The van der Waals surface area contributed by atoms with Gasteiger partial charge in [0.15, 0.2) is 0 Å². The van der Waals surface area contributed by atoms with Gasteiger partial charge in [-0.05, 0) is 62.1 Å². The van der Waals surface area contributed by atoms with Crippen molar-refractivity contribution in [1.29, 1.82) is 0 Å². The number of rotatable bonds is 10. The highest BCUT2D eigenvalue weighted by Gasteiger charge is 2.17. The van der Waals surface area contributed by atoms with Crippen molar-refractivity contribution in [2.45, 2.75) is 58.5 Å². The third kappa shape index (κ3) is 6.08. The van der Waals surface area contributed by atoms with Crippen molar-refractivity contribution in [1.82, 2.24) is 14.5 Å². The van der Waals surface area contributed by atoms with Crippen LogP contribution in [-0.2, 0) is 34.3 Å². The first-order chi connectivity index (χ1) is 15.2. The number of carbonyl (C=O) groups excluding carboxylic acids is 1. The Balaban J connectivity index is 1.61. The average molecular weight is 459 g/mol. The Kier molecular flexibility index (Phi) is 7.52. The van der Waals surface area contributed by atoms with Crippen LogP contribution in [0.5, 0.6) is 0 Å². The SMILES string of the molecule is Cc1nn(CC(C)C)c(C)c1CCC(=O)Nc1cccc(S(=O)(=O)NCc2ccco2)c1. The fourth-order valence-corrected chi connectivity index (χ4v) is 4.52. The quantitative estimate of drug-likeness (QED) is 0.481. The normalized spacial score (nSPS) is 11.8. The number of aryl methyl sites for hydroxylation is 1. The molecule has 172 valence electrons. The molecule has 0 saturated heterocycles. The summed E-state index contributed by atoms with van der Waals surface area (Å²) in [5.74, 6) is 0.820. The smallest absolute Gasteiger partial charge is 0.241 e. The Morgan fingerprint density at radius 3 is 2.66 bits per heavy atom. The lowest BCUT2D eigenvalue weighted by atomic mass is 10.1. The summed E-state index contributed by atoms with van der Waals surface area (Å²) >= 11 is 0. The molecule has 2 aromatic heterocycles. The Morgan fingerprint density at radius 1 is 1.19 bits per heavy atom. The number of anilines is 1. The highest BCUT2D eigenvalue weighted by Crippen LogP contribution is 2.19. The molecule has 8 nitrogen and oxygen atoms in total. The van der Waals surface area contributed by atoms with Crippen LogP contribution in [-0.4, -0.2) is 24.1 Å². The summed E-state index contributed by atoms with van der Waals surface area (Å²) in [4.78, 5) is 12.6. The fourth-order valence-electron chi connectivity index (χ4n) is 3.49.